The van der Waals surface area contributed by atoms with Gasteiger partial charge in [-0.05, 0) is 11.6 Å². The molecule has 1 heterocycles. The summed E-state index contributed by atoms with van der Waals surface area (Å²) in [7, 11) is 7.87. The maximum Gasteiger partial charge on any atom is 0.231 e. The zero-order chi connectivity index (χ0) is 14.7. The van der Waals surface area contributed by atoms with Crippen molar-refractivity contribution in [1.29, 1.82) is 0 Å². The van der Waals surface area contributed by atoms with Crippen LogP contribution in [0.1, 0.15) is 5.56 Å². The van der Waals surface area contributed by atoms with Crippen LogP contribution < -0.4 is 4.90 Å². The Morgan fingerprint density at radius 2 is 1.85 bits per heavy atom. The van der Waals surface area contributed by atoms with Crippen LogP contribution in [0.2, 0.25) is 0 Å². The van der Waals surface area contributed by atoms with Crippen LogP contribution in [-0.4, -0.2) is 62.9 Å². The highest BCUT2D eigenvalue weighted by molar-refractivity contribution is 6.01. The number of hydrogen-bond donors (Lipinski definition) is 0. The van der Waals surface area contributed by atoms with Gasteiger partial charge in [0.1, 0.15) is 0 Å². The molecule has 0 bridgehead atoms. The van der Waals surface area contributed by atoms with Crippen molar-refractivity contribution >= 4 is 17.6 Å². The summed E-state index contributed by atoms with van der Waals surface area (Å²) in [6.45, 7) is 1.23. The molecule has 0 unspecified atom stereocenters. The van der Waals surface area contributed by atoms with Gasteiger partial charge >= 0.3 is 0 Å². The van der Waals surface area contributed by atoms with Crippen molar-refractivity contribution in [3.63, 3.8) is 0 Å². The molecule has 1 aromatic carbocycles. The van der Waals surface area contributed by atoms with Gasteiger partial charge in [0.15, 0.2) is 5.96 Å². The number of rotatable bonds is 3. The number of aliphatic imine (C=N–C) groups is 1. The van der Waals surface area contributed by atoms with E-state index < -0.39 is 0 Å². The van der Waals surface area contributed by atoms with Crippen LogP contribution in [0.25, 0.3) is 0 Å². The largest absolute Gasteiger partial charge is 0.349 e. The fourth-order valence-corrected chi connectivity index (χ4v) is 2.49. The molecule has 5 nitrogen and oxygen atoms in total. The highest BCUT2D eigenvalue weighted by atomic mass is 16.2. The number of carbonyl (C=O) groups is 1. The Bertz CT molecular complexity index is 512. The monoisotopic (exact) mass is 274 g/mol. The molecule has 1 aromatic rings. The quantitative estimate of drug-likeness (QED) is 0.611. The molecule has 0 saturated heterocycles. The van der Waals surface area contributed by atoms with Crippen molar-refractivity contribution in [3.8, 4) is 0 Å². The number of anilines is 1. The Hall–Kier alpha value is -2.04. The lowest BCUT2D eigenvalue weighted by molar-refractivity contribution is -0.117. The van der Waals surface area contributed by atoms with Gasteiger partial charge in [-0.25, -0.2) is 0 Å². The maximum absolute atomic E-state index is 12.0. The Kier molecular flexibility index (Phi) is 4.27. The molecule has 0 saturated carbocycles. The van der Waals surface area contributed by atoms with E-state index >= 15 is 0 Å². The summed E-state index contributed by atoms with van der Waals surface area (Å²) in [4.78, 5) is 22.4. The normalized spacial score (nSPS) is 13.2. The van der Waals surface area contributed by atoms with Crippen LogP contribution in [0.15, 0.2) is 29.3 Å². The van der Waals surface area contributed by atoms with E-state index in [-0.39, 0.29) is 5.91 Å². The average molecular weight is 274 g/mol. The van der Waals surface area contributed by atoms with Gasteiger partial charge in [0.2, 0.25) is 5.91 Å². The predicted octanol–water partition coefficient (Wildman–Crippen LogP) is 1.05. The molecule has 0 radical (unpaired) electrons. The summed E-state index contributed by atoms with van der Waals surface area (Å²) in [6.07, 6.45) is 0.508. The molecule has 1 aliphatic rings. The number of fused-ring (bicyclic) bond motifs is 1. The molecule has 0 spiro atoms. The Morgan fingerprint density at radius 1 is 1.20 bits per heavy atom. The molecule has 0 fully saturated rings. The first kappa shape index (κ1) is 14.4. The lowest BCUT2D eigenvalue weighted by Crippen LogP contribution is -2.36. The van der Waals surface area contributed by atoms with Crippen LogP contribution in [0, 0.1) is 0 Å². The summed E-state index contributed by atoms with van der Waals surface area (Å²) < 4.78 is 0. The van der Waals surface area contributed by atoms with Crippen LogP contribution in [-0.2, 0) is 11.2 Å². The molecule has 1 aliphatic heterocycles. The minimum Gasteiger partial charge on any atom is -0.349 e. The number of guanidine groups is 1. The second-order valence-electron chi connectivity index (χ2n) is 5.32. The molecule has 20 heavy (non-hydrogen) atoms. The second-order valence-corrected chi connectivity index (χ2v) is 5.32. The van der Waals surface area contributed by atoms with Crippen molar-refractivity contribution in [1.82, 2.24) is 9.80 Å². The highest BCUT2D eigenvalue weighted by Gasteiger charge is 2.25. The van der Waals surface area contributed by atoms with E-state index in [2.05, 4.69) is 4.99 Å². The summed E-state index contributed by atoms with van der Waals surface area (Å²) in [5.41, 5.74) is 2.14. The number of benzene rings is 1. The summed E-state index contributed by atoms with van der Waals surface area (Å²) in [5, 5.41) is 0. The smallest absolute Gasteiger partial charge is 0.231 e. The van der Waals surface area contributed by atoms with Gasteiger partial charge in [-0.1, -0.05) is 18.2 Å². The van der Waals surface area contributed by atoms with E-state index in [1.54, 1.807) is 0 Å². The van der Waals surface area contributed by atoms with Crippen LogP contribution >= 0.6 is 0 Å². The highest BCUT2D eigenvalue weighted by Crippen LogP contribution is 2.27. The Morgan fingerprint density at radius 3 is 2.50 bits per heavy atom. The van der Waals surface area contributed by atoms with Crippen LogP contribution in [0.5, 0.6) is 0 Å². The minimum absolute atomic E-state index is 0.164. The van der Waals surface area contributed by atoms with E-state index in [9.17, 15) is 4.79 Å². The van der Waals surface area contributed by atoms with Crippen LogP contribution in [0.4, 0.5) is 5.69 Å². The van der Waals surface area contributed by atoms with Crippen molar-refractivity contribution in [2.24, 2.45) is 4.99 Å². The minimum atomic E-state index is 0.164. The number of carbonyl (C=O) groups excluding carboxylic acids is 1. The first-order valence-corrected chi connectivity index (χ1v) is 6.78. The second kappa shape index (κ2) is 5.94. The van der Waals surface area contributed by atoms with E-state index in [0.29, 0.717) is 19.5 Å². The molecule has 0 N–H and O–H groups in total. The number of nitrogens with zero attached hydrogens (tertiary/aromatic N) is 4. The topological polar surface area (TPSA) is 39.1 Å². The summed E-state index contributed by atoms with van der Waals surface area (Å²) in [5.74, 6) is 1.07. The van der Waals surface area contributed by atoms with Gasteiger partial charge in [-0.3, -0.25) is 9.79 Å². The van der Waals surface area contributed by atoms with Gasteiger partial charge < -0.3 is 14.7 Å². The number of hydrogen-bond acceptors (Lipinski definition) is 2. The lowest BCUT2D eigenvalue weighted by atomic mass is 10.2. The van der Waals surface area contributed by atoms with Gasteiger partial charge in [0.25, 0.3) is 0 Å². The Labute approximate surface area is 120 Å². The van der Waals surface area contributed by atoms with Crippen molar-refractivity contribution < 1.29 is 4.79 Å². The zero-order valence-electron chi connectivity index (χ0n) is 12.6. The molecular formula is C15H22N4O. The molecule has 0 aliphatic carbocycles. The predicted molar refractivity (Wildman–Crippen MR) is 82.2 cm³/mol. The molecular weight excluding hydrogens is 252 g/mol. The number of para-hydroxylation sites is 1. The molecule has 2 rings (SSSR count). The van der Waals surface area contributed by atoms with Crippen molar-refractivity contribution in [3.05, 3.63) is 29.8 Å². The molecule has 5 heteroatoms. The third-order valence-corrected chi connectivity index (χ3v) is 3.30. The van der Waals surface area contributed by atoms with Gasteiger partial charge in [0, 0.05) is 40.4 Å². The molecule has 1 amide bonds. The SMILES string of the molecule is CN(C)C(=NCCN1C(=O)Cc2ccccc21)N(C)C. The fraction of sp³-hybridized carbons (Fsp3) is 0.467. The Balaban J connectivity index is 2.05. The fourth-order valence-electron chi connectivity index (χ4n) is 2.49. The van der Waals surface area contributed by atoms with E-state index in [1.165, 1.54) is 0 Å². The summed E-state index contributed by atoms with van der Waals surface area (Å²) in [6, 6.07) is 7.97. The first-order valence-electron chi connectivity index (χ1n) is 6.78. The van der Waals surface area contributed by atoms with Crippen molar-refractivity contribution in [2.75, 3.05) is 46.2 Å². The van der Waals surface area contributed by atoms with Gasteiger partial charge in [-0.2, -0.15) is 0 Å². The third kappa shape index (κ3) is 2.92. The average Bonchev–Trinajstić information content (AvgIpc) is 2.69. The standard InChI is InChI=1S/C15H22N4O/c1-17(2)15(18(3)4)16-9-10-19-13-8-6-5-7-12(13)11-14(19)20/h5-8H,9-11H2,1-4H3. The third-order valence-electron chi connectivity index (χ3n) is 3.30. The van der Waals surface area contributed by atoms with Crippen LogP contribution in [0.3, 0.4) is 0 Å². The molecule has 0 aromatic heterocycles. The zero-order valence-corrected chi connectivity index (χ0v) is 12.6. The first-order chi connectivity index (χ1) is 9.50. The van der Waals surface area contributed by atoms with E-state index in [0.717, 1.165) is 17.2 Å². The molecule has 0 atom stereocenters. The maximum atomic E-state index is 12.0. The molecule has 108 valence electrons. The van der Waals surface area contributed by atoms with E-state index in [4.69, 9.17) is 0 Å². The lowest BCUT2D eigenvalue weighted by Gasteiger charge is -2.23. The van der Waals surface area contributed by atoms with Gasteiger partial charge in [0.05, 0.1) is 13.0 Å². The van der Waals surface area contributed by atoms with Crippen molar-refractivity contribution in [2.45, 2.75) is 6.42 Å². The summed E-state index contributed by atoms with van der Waals surface area (Å²) >= 11 is 0. The number of amides is 1. The van der Waals surface area contributed by atoms with Gasteiger partial charge in [-0.15, -0.1) is 0 Å². The van der Waals surface area contributed by atoms with E-state index in [1.807, 2.05) is 67.2 Å².